The number of hydrogen-bond donors (Lipinski definition) is 6. The van der Waals surface area contributed by atoms with Crippen LogP contribution in [-0.2, 0) is 23.2 Å². The lowest BCUT2D eigenvalue weighted by Gasteiger charge is -2.40. The van der Waals surface area contributed by atoms with Gasteiger partial charge in [-0.25, -0.2) is 0 Å². The van der Waals surface area contributed by atoms with E-state index in [1.165, 1.54) is 44.1 Å². The quantitative estimate of drug-likeness (QED) is 0.0650. The SMILES string of the molecule is C=C1C2CCC1CN(B(C)O)C2.CB(O)N1CC2CCC(C1)C2C=O.CB(O)N1CC2CCC(C1)C2CO.CCOP(=O)(OCC)C(C)CC1C2CCC1CN(B(C)O)C2.O=C1C2CCC1CNC2. The lowest BCUT2D eigenvalue weighted by Crippen LogP contribution is -2.49. The van der Waals surface area contributed by atoms with Crippen LogP contribution in [-0.4, -0.2) is 176 Å². The van der Waals surface area contributed by atoms with Gasteiger partial charge in [-0.05, 0) is 223 Å². The molecule has 390 valence electrons. The smallest absolute Gasteiger partial charge is 0.376 e. The molecule has 0 amide bonds. The number of aliphatic hydroxyl groups excluding tert-OH is 1. The summed E-state index contributed by atoms with van der Waals surface area (Å²) in [5, 5.41) is 50.6. The first-order valence-corrected chi connectivity index (χ1v) is 29.1. The van der Waals surface area contributed by atoms with E-state index in [1.54, 1.807) is 6.82 Å². The molecule has 0 aromatic carbocycles. The van der Waals surface area contributed by atoms with E-state index in [2.05, 4.69) is 31.1 Å². The van der Waals surface area contributed by atoms with Crippen LogP contribution in [0.3, 0.4) is 0 Å². The van der Waals surface area contributed by atoms with Crippen molar-refractivity contribution in [3.8, 4) is 0 Å². The third-order valence-electron chi connectivity index (χ3n) is 18.6. The first-order chi connectivity index (χ1) is 32.9. The second-order valence-corrected chi connectivity index (χ2v) is 25.4. The van der Waals surface area contributed by atoms with Gasteiger partial charge in [-0.1, -0.05) is 19.1 Å². The fourth-order valence-electron chi connectivity index (χ4n) is 14.4. The van der Waals surface area contributed by atoms with E-state index in [-0.39, 0.29) is 39.8 Å². The molecule has 11 unspecified atom stereocenters. The predicted molar refractivity (Wildman–Crippen MR) is 278 cm³/mol. The van der Waals surface area contributed by atoms with Crippen LogP contribution in [0.2, 0.25) is 27.3 Å². The fraction of sp³-hybridized carbons (Fsp3) is 0.918. The third-order valence-corrected chi connectivity index (χ3v) is 21.1. The van der Waals surface area contributed by atoms with Crippen molar-refractivity contribution < 1.29 is 48.4 Å². The highest BCUT2D eigenvalue weighted by Gasteiger charge is 2.47. The molecule has 0 spiro atoms. The lowest BCUT2D eigenvalue weighted by molar-refractivity contribution is -0.125. The molecule has 11 atom stereocenters. The van der Waals surface area contributed by atoms with E-state index in [0.717, 1.165) is 104 Å². The Hall–Kier alpha value is -0.910. The number of nitrogens with zero attached hydrogens (tertiary/aromatic N) is 4. The van der Waals surface area contributed by atoms with Crippen molar-refractivity contribution in [1.29, 1.82) is 0 Å². The highest BCUT2D eigenvalue weighted by Crippen LogP contribution is 2.57. The maximum Gasteiger partial charge on any atom is 0.376 e. The number of nitrogens with one attached hydrogen (secondary N) is 1. The summed E-state index contributed by atoms with van der Waals surface area (Å²) in [6.45, 7) is 28.0. The van der Waals surface area contributed by atoms with Gasteiger partial charge in [-0.2, -0.15) is 0 Å². The Balaban J connectivity index is 0.000000146. The van der Waals surface area contributed by atoms with E-state index in [9.17, 15) is 39.4 Å². The molecular formula is C49H92B4N5O10P. The van der Waals surface area contributed by atoms with Crippen LogP contribution in [0.1, 0.15) is 91.4 Å². The monoisotopic (exact) mass is 986 g/mol. The Morgan fingerprint density at radius 3 is 1.32 bits per heavy atom. The zero-order valence-electron chi connectivity index (χ0n) is 43.7. The number of Topliss-reactive ketones (excluding diaryl/α,β-unsaturated/α-hetero) is 1. The number of aldehydes is 1. The van der Waals surface area contributed by atoms with Gasteiger partial charge < -0.3 is 63.6 Å². The molecule has 5 aliphatic heterocycles. The van der Waals surface area contributed by atoms with E-state index in [1.807, 2.05) is 41.2 Å². The fourth-order valence-corrected chi connectivity index (χ4v) is 16.2. The molecule has 20 heteroatoms. The lowest BCUT2D eigenvalue weighted by atomic mass is 9.75. The Morgan fingerprint density at radius 1 is 0.623 bits per heavy atom. The van der Waals surface area contributed by atoms with Crippen molar-refractivity contribution in [3.63, 3.8) is 0 Å². The van der Waals surface area contributed by atoms with Crippen molar-refractivity contribution in [2.24, 2.45) is 76.9 Å². The number of fused-ring (bicyclic) bond motifs is 10. The normalized spacial score (nSPS) is 36.1. The minimum Gasteiger partial charge on any atom is -0.437 e. The van der Waals surface area contributed by atoms with Gasteiger partial charge in [-0.3, -0.25) is 9.36 Å². The van der Waals surface area contributed by atoms with Gasteiger partial charge in [0, 0.05) is 37.5 Å². The average molecular weight is 986 g/mol. The molecule has 10 aliphatic rings. The summed E-state index contributed by atoms with van der Waals surface area (Å²) in [4.78, 5) is 30.5. The minimum atomic E-state index is -3.00. The molecule has 10 bridgehead atoms. The number of rotatable bonds is 13. The summed E-state index contributed by atoms with van der Waals surface area (Å²) in [7, 11) is -4.31. The van der Waals surface area contributed by atoms with Crippen LogP contribution >= 0.6 is 7.60 Å². The number of piperidine rings is 5. The molecular weight excluding hydrogens is 893 g/mol. The Labute approximate surface area is 418 Å². The zero-order chi connectivity index (χ0) is 50.2. The van der Waals surface area contributed by atoms with Gasteiger partial charge in [0.2, 0.25) is 0 Å². The number of hydrogen-bond acceptors (Lipinski definition) is 15. The standard InChI is InChI=1S/C15H31BNO4P.C9H18BNO2.C9H16BNO2.C9H16BNO.C7H11NO/c1-5-20-22(19,21-6-2)12(3)9-15-13-7-8-14(15)11-17(10-13)16(4)18;2*1-10(13)11-4-7-2-3-8(5-11)9(7)6-12;1-7-8-3-4-9(7)6-11(5-8)10(2)12;9-7-5-1-2-6(7)4-8-3-5/h12-15,18H,5-11H2,1-4H3;7-9,12-13H,2-6H2,1H3;6-9,13H,2-5H2,1H3;8-9,12H,1,3-6H2,2H3;5-6,8H,1-4H2. The van der Waals surface area contributed by atoms with E-state index in [0.29, 0.717) is 96.6 Å². The summed E-state index contributed by atoms with van der Waals surface area (Å²) < 4.78 is 23.9. The van der Waals surface area contributed by atoms with Crippen molar-refractivity contribution >= 4 is 47.9 Å². The molecule has 5 saturated heterocycles. The molecule has 10 fully saturated rings. The minimum absolute atomic E-state index is 0.0569. The largest absolute Gasteiger partial charge is 0.437 e. The number of carbonyl (C=O) groups excluding carboxylic acids is 2. The van der Waals surface area contributed by atoms with Crippen molar-refractivity contribution in [3.05, 3.63) is 12.2 Å². The number of ketones is 1. The van der Waals surface area contributed by atoms with Crippen LogP contribution in [0.15, 0.2) is 12.2 Å². The summed E-state index contributed by atoms with van der Waals surface area (Å²) in [5.41, 5.74) is 1.38. The van der Waals surface area contributed by atoms with Gasteiger partial charge in [0.15, 0.2) is 0 Å². The maximum atomic E-state index is 12.9. The van der Waals surface area contributed by atoms with Crippen molar-refractivity contribution in [2.45, 2.75) is 124 Å². The Kier molecular flexibility index (Phi) is 22.1. The van der Waals surface area contributed by atoms with E-state index < -0.39 is 7.60 Å². The van der Waals surface area contributed by atoms with Gasteiger partial charge in [-0.15, -0.1) is 0 Å². The molecule has 5 aliphatic carbocycles. The first-order valence-electron chi connectivity index (χ1n) is 27.5. The Bertz CT molecular complexity index is 1610. The number of aliphatic hydroxyl groups is 1. The highest BCUT2D eigenvalue weighted by molar-refractivity contribution is 7.54. The topological polar surface area (TPSA) is 196 Å². The highest BCUT2D eigenvalue weighted by atomic mass is 31.2. The molecule has 5 saturated carbocycles. The van der Waals surface area contributed by atoms with Crippen LogP contribution in [0.4, 0.5) is 0 Å². The summed E-state index contributed by atoms with van der Waals surface area (Å²) in [6, 6.07) is 0. The molecule has 6 N–H and O–H groups in total. The Morgan fingerprint density at radius 2 is 0.971 bits per heavy atom. The second kappa shape index (κ2) is 26.5. The summed E-state index contributed by atoms with van der Waals surface area (Å²) in [6.07, 6.45) is 14.1. The zero-order valence-corrected chi connectivity index (χ0v) is 44.6. The van der Waals surface area contributed by atoms with Crippen LogP contribution in [0.25, 0.3) is 0 Å². The molecule has 0 aromatic heterocycles. The van der Waals surface area contributed by atoms with Crippen molar-refractivity contribution in [2.75, 3.05) is 85.3 Å². The van der Waals surface area contributed by atoms with Crippen LogP contribution < -0.4 is 5.32 Å². The van der Waals surface area contributed by atoms with Gasteiger partial charge in [0.1, 0.15) is 12.1 Å². The molecule has 69 heavy (non-hydrogen) atoms. The predicted octanol–water partition coefficient (Wildman–Crippen LogP) is 4.58. The molecule has 5 heterocycles. The van der Waals surface area contributed by atoms with Crippen LogP contribution in [0.5, 0.6) is 0 Å². The maximum absolute atomic E-state index is 12.9. The number of carbonyl (C=O) groups is 2. The van der Waals surface area contributed by atoms with Gasteiger partial charge in [0.25, 0.3) is 0 Å². The van der Waals surface area contributed by atoms with Crippen molar-refractivity contribution in [1.82, 2.24) is 24.6 Å². The molecule has 10 rings (SSSR count). The van der Waals surface area contributed by atoms with E-state index in [4.69, 9.17) is 9.05 Å². The summed E-state index contributed by atoms with van der Waals surface area (Å²) in [5.74, 6) is 7.44. The average Bonchev–Trinajstić information content (AvgIpc) is 3.90. The van der Waals surface area contributed by atoms with Crippen LogP contribution in [0, 0.1) is 76.9 Å². The second-order valence-electron chi connectivity index (χ2n) is 22.9. The summed E-state index contributed by atoms with van der Waals surface area (Å²) >= 11 is 0. The first kappa shape index (κ1) is 57.4. The molecule has 0 radical (unpaired) electrons. The third kappa shape index (κ3) is 14.5. The van der Waals surface area contributed by atoms with Gasteiger partial charge >= 0.3 is 35.8 Å². The van der Waals surface area contributed by atoms with E-state index >= 15 is 0 Å². The molecule has 0 aromatic rings. The molecule has 15 nitrogen and oxygen atoms in total. The van der Waals surface area contributed by atoms with Gasteiger partial charge in [0.05, 0.1) is 18.9 Å².